The van der Waals surface area contributed by atoms with Crippen LogP contribution in [-0.4, -0.2) is 49.4 Å². The van der Waals surface area contributed by atoms with E-state index in [9.17, 15) is 4.79 Å². The Morgan fingerprint density at radius 1 is 1.52 bits per heavy atom. The van der Waals surface area contributed by atoms with Gasteiger partial charge in [-0.3, -0.25) is 4.79 Å². The average Bonchev–Trinajstić information content (AvgIpc) is 2.95. The topological polar surface area (TPSA) is 70.2 Å². The van der Waals surface area contributed by atoms with Gasteiger partial charge in [0.05, 0.1) is 6.61 Å². The molecule has 1 saturated heterocycles. The van der Waals surface area contributed by atoms with Crippen LogP contribution in [0.5, 0.6) is 0 Å². The van der Waals surface area contributed by atoms with Crippen LogP contribution in [0.3, 0.4) is 0 Å². The van der Waals surface area contributed by atoms with E-state index in [4.69, 9.17) is 4.74 Å². The van der Waals surface area contributed by atoms with Crippen molar-refractivity contribution < 1.29 is 4.74 Å². The molecule has 118 valence electrons. The first kappa shape index (κ1) is 16.0. The van der Waals surface area contributed by atoms with Crippen molar-refractivity contribution >= 4 is 5.82 Å². The zero-order chi connectivity index (χ0) is 15.2. The maximum absolute atomic E-state index is 11.9. The summed E-state index contributed by atoms with van der Waals surface area (Å²) >= 11 is 0. The zero-order valence-corrected chi connectivity index (χ0v) is 13.2. The van der Waals surface area contributed by atoms with Crippen molar-refractivity contribution in [3.05, 3.63) is 22.2 Å². The monoisotopic (exact) mass is 294 g/mol. The fourth-order valence-corrected chi connectivity index (χ4v) is 2.58. The van der Waals surface area contributed by atoms with Crippen LogP contribution in [0.1, 0.15) is 38.4 Å². The number of rotatable bonds is 7. The van der Waals surface area contributed by atoms with Gasteiger partial charge in [-0.1, -0.05) is 13.8 Å². The summed E-state index contributed by atoms with van der Waals surface area (Å²) in [4.78, 5) is 21.4. The molecule has 0 amide bonds. The van der Waals surface area contributed by atoms with E-state index < -0.39 is 0 Å². The van der Waals surface area contributed by atoms with E-state index in [1.54, 1.807) is 13.2 Å². The van der Waals surface area contributed by atoms with Crippen LogP contribution in [-0.2, 0) is 4.74 Å². The van der Waals surface area contributed by atoms with Crippen LogP contribution in [0, 0.1) is 0 Å². The van der Waals surface area contributed by atoms with Crippen LogP contribution in [0.25, 0.3) is 0 Å². The molecule has 1 aliphatic heterocycles. The third kappa shape index (κ3) is 4.54. The van der Waals surface area contributed by atoms with Gasteiger partial charge in [0.1, 0.15) is 11.6 Å². The number of methoxy groups -OCH3 is 1. The van der Waals surface area contributed by atoms with Crippen LogP contribution >= 0.6 is 0 Å². The lowest BCUT2D eigenvalue weighted by Gasteiger charge is -2.27. The molecule has 1 aliphatic rings. The highest BCUT2D eigenvalue weighted by atomic mass is 16.5. The highest BCUT2D eigenvalue weighted by molar-refractivity contribution is 5.38. The van der Waals surface area contributed by atoms with Crippen molar-refractivity contribution in [1.29, 1.82) is 0 Å². The van der Waals surface area contributed by atoms with Gasteiger partial charge >= 0.3 is 0 Å². The first-order chi connectivity index (χ1) is 10.1. The molecule has 1 unspecified atom stereocenters. The molecule has 0 aromatic carbocycles. The summed E-state index contributed by atoms with van der Waals surface area (Å²) < 4.78 is 5.19. The Morgan fingerprint density at radius 3 is 2.95 bits per heavy atom. The van der Waals surface area contributed by atoms with Gasteiger partial charge in [-0.05, 0) is 19.4 Å². The van der Waals surface area contributed by atoms with E-state index in [1.807, 2.05) is 13.8 Å². The van der Waals surface area contributed by atoms with Gasteiger partial charge in [0.25, 0.3) is 5.56 Å². The quantitative estimate of drug-likeness (QED) is 0.788. The molecule has 2 rings (SSSR count). The Hall–Kier alpha value is -1.40. The number of ether oxygens (including phenoxy) is 1. The van der Waals surface area contributed by atoms with Crippen molar-refractivity contribution in [2.75, 3.05) is 38.3 Å². The summed E-state index contributed by atoms with van der Waals surface area (Å²) in [6.45, 7) is 7.35. The largest absolute Gasteiger partial charge is 0.383 e. The van der Waals surface area contributed by atoms with Crippen molar-refractivity contribution in [1.82, 2.24) is 15.3 Å². The maximum Gasteiger partial charge on any atom is 0.252 e. The fourth-order valence-electron chi connectivity index (χ4n) is 2.58. The van der Waals surface area contributed by atoms with E-state index >= 15 is 0 Å². The maximum atomic E-state index is 11.9. The molecular formula is C15H26N4O2. The van der Waals surface area contributed by atoms with Crippen LogP contribution in [0.15, 0.2) is 10.9 Å². The Morgan fingerprint density at radius 2 is 2.33 bits per heavy atom. The van der Waals surface area contributed by atoms with Gasteiger partial charge in [0.15, 0.2) is 0 Å². The molecule has 0 spiro atoms. The Kier molecular flexibility index (Phi) is 5.76. The summed E-state index contributed by atoms with van der Waals surface area (Å²) in [5.74, 6) is 1.68. The minimum Gasteiger partial charge on any atom is -0.383 e. The number of H-pyrrole nitrogens is 1. The van der Waals surface area contributed by atoms with E-state index in [0.717, 1.165) is 31.3 Å². The van der Waals surface area contributed by atoms with E-state index in [2.05, 4.69) is 20.2 Å². The number of anilines is 1. The molecular weight excluding hydrogens is 268 g/mol. The lowest BCUT2D eigenvalue weighted by Crippen LogP contribution is -2.40. The molecule has 6 nitrogen and oxygen atoms in total. The summed E-state index contributed by atoms with van der Waals surface area (Å²) in [5, 5.41) is 3.49. The molecule has 6 heteroatoms. The molecule has 21 heavy (non-hydrogen) atoms. The third-order valence-corrected chi connectivity index (χ3v) is 3.79. The number of aromatic nitrogens is 2. The Labute approximate surface area is 125 Å². The molecule has 1 fully saturated rings. The summed E-state index contributed by atoms with van der Waals surface area (Å²) in [7, 11) is 1.69. The van der Waals surface area contributed by atoms with Crippen LogP contribution < -0.4 is 15.8 Å². The van der Waals surface area contributed by atoms with Gasteiger partial charge in [0.2, 0.25) is 0 Å². The second-order valence-corrected chi connectivity index (χ2v) is 5.88. The standard InChI is InChI=1S/C15H26N4O2/c1-11(2)15-17-13(9-14(20)18-15)19(7-8-21-3)10-12-5-4-6-16-12/h9,11-12,16H,4-8,10H2,1-3H3,(H,17,18,20). The lowest BCUT2D eigenvalue weighted by molar-refractivity contribution is 0.204. The third-order valence-electron chi connectivity index (χ3n) is 3.79. The van der Waals surface area contributed by atoms with Crippen LogP contribution in [0.2, 0.25) is 0 Å². The van der Waals surface area contributed by atoms with E-state index in [0.29, 0.717) is 12.6 Å². The molecule has 0 radical (unpaired) electrons. The Balaban J connectivity index is 2.19. The molecule has 0 saturated carbocycles. The van der Waals surface area contributed by atoms with Crippen LogP contribution in [0.4, 0.5) is 5.82 Å². The number of hydrogen-bond donors (Lipinski definition) is 2. The molecule has 1 aromatic heterocycles. The van der Waals surface area contributed by atoms with Crippen molar-refractivity contribution in [3.8, 4) is 0 Å². The first-order valence-electron chi connectivity index (χ1n) is 7.68. The van der Waals surface area contributed by atoms with Crippen molar-refractivity contribution in [3.63, 3.8) is 0 Å². The summed E-state index contributed by atoms with van der Waals surface area (Å²) in [6.07, 6.45) is 2.38. The zero-order valence-electron chi connectivity index (χ0n) is 13.2. The molecule has 1 aromatic rings. The lowest BCUT2D eigenvalue weighted by atomic mass is 10.2. The highest BCUT2D eigenvalue weighted by Gasteiger charge is 2.19. The summed E-state index contributed by atoms with van der Waals surface area (Å²) in [6, 6.07) is 2.04. The minimum absolute atomic E-state index is 0.0921. The second-order valence-electron chi connectivity index (χ2n) is 5.88. The Bertz CT molecular complexity index is 495. The molecule has 2 N–H and O–H groups in total. The van der Waals surface area contributed by atoms with Gasteiger partial charge in [-0.25, -0.2) is 4.98 Å². The van der Waals surface area contributed by atoms with Crippen molar-refractivity contribution in [2.24, 2.45) is 0 Å². The predicted molar refractivity (Wildman–Crippen MR) is 84.1 cm³/mol. The smallest absolute Gasteiger partial charge is 0.252 e. The normalized spacial score (nSPS) is 18.4. The number of nitrogens with zero attached hydrogens (tertiary/aromatic N) is 2. The van der Waals surface area contributed by atoms with Crippen molar-refractivity contribution in [2.45, 2.75) is 38.6 Å². The molecule has 0 aliphatic carbocycles. The van der Waals surface area contributed by atoms with Gasteiger partial charge < -0.3 is 19.9 Å². The van der Waals surface area contributed by atoms with Gasteiger partial charge in [-0.15, -0.1) is 0 Å². The number of nitrogens with one attached hydrogen (secondary N) is 2. The SMILES string of the molecule is COCCN(CC1CCCN1)c1cc(=O)[nH]c(C(C)C)n1. The fraction of sp³-hybridized carbons (Fsp3) is 0.733. The first-order valence-corrected chi connectivity index (χ1v) is 7.68. The minimum atomic E-state index is -0.0921. The predicted octanol–water partition coefficient (Wildman–Crippen LogP) is 1.10. The molecule has 1 atom stereocenters. The van der Waals surface area contributed by atoms with Gasteiger partial charge in [-0.2, -0.15) is 0 Å². The van der Waals surface area contributed by atoms with E-state index in [1.165, 1.54) is 12.8 Å². The molecule has 0 bridgehead atoms. The average molecular weight is 294 g/mol. The molecule has 2 heterocycles. The summed E-state index contributed by atoms with van der Waals surface area (Å²) in [5.41, 5.74) is -0.0921. The van der Waals surface area contributed by atoms with E-state index in [-0.39, 0.29) is 11.5 Å². The second kappa shape index (κ2) is 7.56. The number of hydrogen-bond acceptors (Lipinski definition) is 5. The highest BCUT2D eigenvalue weighted by Crippen LogP contribution is 2.15. The number of aromatic amines is 1. The van der Waals surface area contributed by atoms with Gasteiger partial charge in [0, 0.05) is 38.2 Å².